The van der Waals surface area contributed by atoms with E-state index in [0.29, 0.717) is 5.15 Å². The highest BCUT2D eigenvalue weighted by Crippen LogP contribution is 2.12. The third-order valence-electron chi connectivity index (χ3n) is 2.98. The van der Waals surface area contributed by atoms with Crippen LogP contribution in [0.25, 0.3) is 21.8 Å². The van der Waals surface area contributed by atoms with E-state index in [1.165, 1.54) is 6.07 Å². The van der Waals surface area contributed by atoms with Gasteiger partial charge in [0.15, 0.2) is 0 Å². The topological polar surface area (TPSA) is 71.5 Å². The lowest BCUT2D eigenvalue weighted by Gasteiger charge is -1.94. The van der Waals surface area contributed by atoms with Gasteiger partial charge in [-0.15, -0.1) is 0 Å². The Labute approximate surface area is 130 Å². The largest absolute Gasteiger partial charge is 0.322 e. The van der Waals surface area contributed by atoms with Gasteiger partial charge in [-0.25, -0.2) is 4.98 Å². The van der Waals surface area contributed by atoms with Crippen LogP contribution in [0.1, 0.15) is 0 Å². The van der Waals surface area contributed by atoms with Crippen LogP contribution in [0, 0.1) is 0 Å². The van der Waals surface area contributed by atoms with Crippen molar-refractivity contribution in [3.8, 4) is 0 Å². The highest BCUT2D eigenvalue weighted by molar-refractivity contribution is 6.29. The second kappa shape index (κ2) is 6.32. The van der Waals surface area contributed by atoms with Crippen molar-refractivity contribution in [3.05, 3.63) is 76.7 Å². The summed E-state index contributed by atoms with van der Waals surface area (Å²) in [5.41, 5.74) is 1.63. The molecule has 0 aromatic carbocycles. The smallest absolute Gasteiger partial charge is 0.248 e. The summed E-state index contributed by atoms with van der Waals surface area (Å²) in [4.78, 5) is 25.5. The molecule has 6 heteroatoms. The number of rotatable bonds is 0. The Bertz CT molecular complexity index is 984. The second-order valence-corrected chi connectivity index (χ2v) is 4.88. The quantitative estimate of drug-likeness (QED) is 0.506. The predicted molar refractivity (Wildman–Crippen MR) is 86.9 cm³/mol. The van der Waals surface area contributed by atoms with Crippen molar-refractivity contribution >= 4 is 33.4 Å². The van der Waals surface area contributed by atoms with E-state index in [0.717, 1.165) is 21.8 Å². The van der Waals surface area contributed by atoms with Crippen LogP contribution in [0.15, 0.2) is 66.0 Å². The third kappa shape index (κ3) is 3.27. The maximum absolute atomic E-state index is 10.8. The molecule has 0 atom stereocenters. The first-order valence-electron chi connectivity index (χ1n) is 6.52. The lowest BCUT2D eigenvalue weighted by molar-refractivity contribution is 1.28. The van der Waals surface area contributed by atoms with Crippen LogP contribution in [0.5, 0.6) is 0 Å². The van der Waals surface area contributed by atoms with Crippen molar-refractivity contribution in [2.45, 2.75) is 0 Å². The van der Waals surface area contributed by atoms with Crippen LogP contribution in [0.4, 0.5) is 0 Å². The normalized spacial score (nSPS) is 10.2. The molecule has 0 radical (unpaired) electrons. The third-order valence-corrected chi connectivity index (χ3v) is 3.19. The average molecular weight is 311 g/mol. The van der Waals surface area contributed by atoms with Crippen LogP contribution in [-0.4, -0.2) is 19.9 Å². The molecular weight excluding hydrogens is 300 g/mol. The molecule has 108 valence electrons. The van der Waals surface area contributed by atoms with Crippen LogP contribution >= 0.6 is 11.6 Å². The van der Waals surface area contributed by atoms with Crippen LogP contribution in [-0.2, 0) is 0 Å². The zero-order valence-corrected chi connectivity index (χ0v) is 12.2. The SMILES string of the molecule is Clc1ccc2cnccc2n1.O=c1ccc2cnccc2[nH]1. The molecule has 0 aliphatic heterocycles. The predicted octanol–water partition coefficient (Wildman–Crippen LogP) is 3.21. The summed E-state index contributed by atoms with van der Waals surface area (Å²) in [7, 11) is 0. The van der Waals surface area contributed by atoms with E-state index in [4.69, 9.17) is 11.6 Å². The molecule has 0 unspecified atom stereocenters. The number of aromatic nitrogens is 4. The number of aromatic amines is 1. The molecule has 4 rings (SSSR count). The van der Waals surface area contributed by atoms with Gasteiger partial charge in [-0.2, -0.15) is 0 Å². The Morgan fingerprint density at radius 2 is 1.59 bits per heavy atom. The number of hydrogen-bond donors (Lipinski definition) is 1. The minimum Gasteiger partial charge on any atom is -0.322 e. The lowest BCUT2D eigenvalue weighted by Crippen LogP contribution is -2.01. The monoisotopic (exact) mass is 310 g/mol. The molecule has 4 aromatic heterocycles. The van der Waals surface area contributed by atoms with E-state index in [-0.39, 0.29) is 5.56 Å². The molecule has 0 saturated heterocycles. The highest BCUT2D eigenvalue weighted by Gasteiger charge is 1.93. The minimum atomic E-state index is -0.0799. The van der Waals surface area contributed by atoms with Gasteiger partial charge in [0, 0.05) is 41.6 Å². The van der Waals surface area contributed by atoms with E-state index >= 15 is 0 Å². The Balaban J connectivity index is 0.000000131. The van der Waals surface area contributed by atoms with Crippen molar-refractivity contribution in [2.75, 3.05) is 0 Å². The number of pyridine rings is 4. The van der Waals surface area contributed by atoms with Crippen molar-refractivity contribution in [1.82, 2.24) is 19.9 Å². The van der Waals surface area contributed by atoms with Crippen molar-refractivity contribution in [3.63, 3.8) is 0 Å². The summed E-state index contributed by atoms with van der Waals surface area (Å²) in [6.07, 6.45) is 6.83. The zero-order chi connectivity index (χ0) is 15.4. The number of hydrogen-bond acceptors (Lipinski definition) is 4. The molecule has 0 bridgehead atoms. The molecule has 4 aromatic rings. The Hall–Kier alpha value is -2.79. The summed E-state index contributed by atoms with van der Waals surface area (Å²) in [6, 6.07) is 10.5. The highest BCUT2D eigenvalue weighted by atomic mass is 35.5. The molecule has 0 aliphatic carbocycles. The van der Waals surface area contributed by atoms with E-state index in [9.17, 15) is 4.79 Å². The number of nitrogens with one attached hydrogen (secondary N) is 1. The number of nitrogens with zero attached hydrogens (tertiary/aromatic N) is 3. The molecule has 0 spiro atoms. The first-order chi connectivity index (χ1) is 10.7. The van der Waals surface area contributed by atoms with Gasteiger partial charge in [-0.3, -0.25) is 14.8 Å². The molecule has 22 heavy (non-hydrogen) atoms. The zero-order valence-electron chi connectivity index (χ0n) is 11.4. The van der Waals surface area contributed by atoms with Gasteiger partial charge in [0.1, 0.15) is 5.15 Å². The van der Waals surface area contributed by atoms with E-state index < -0.39 is 0 Å². The van der Waals surface area contributed by atoms with E-state index in [1.54, 1.807) is 43.0 Å². The second-order valence-electron chi connectivity index (χ2n) is 4.49. The van der Waals surface area contributed by atoms with Gasteiger partial charge in [-0.1, -0.05) is 11.6 Å². The number of halogens is 1. The summed E-state index contributed by atoms with van der Waals surface area (Å²) < 4.78 is 0. The average Bonchev–Trinajstić information content (AvgIpc) is 2.55. The summed E-state index contributed by atoms with van der Waals surface area (Å²) in [5.74, 6) is 0. The number of H-pyrrole nitrogens is 1. The van der Waals surface area contributed by atoms with Crippen molar-refractivity contribution < 1.29 is 0 Å². The van der Waals surface area contributed by atoms with E-state index in [2.05, 4.69) is 19.9 Å². The lowest BCUT2D eigenvalue weighted by atomic mass is 10.3. The summed E-state index contributed by atoms with van der Waals surface area (Å²) >= 11 is 5.69. The Morgan fingerprint density at radius 1 is 0.864 bits per heavy atom. The van der Waals surface area contributed by atoms with Gasteiger partial charge in [0.2, 0.25) is 5.56 Å². The fourth-order valence-corrected chi connectivity index (χ4v) is 2.09. The van der Waals surface area contributed by atoms with Crippen molar-refractivity contribution in [2.24, 2.45) is 0 Å². The van der Waals surface area contributed by atoms with Gasteiger partial charge >= 0.3 is 0 Å². The van der Waals surface area contributed by atoms with Crippen LogP contribution < -0.4 is 5.56 Å². The molecule has 0 saturated carbocycles. The molecule has 4 heterocycles. The fraction of sp³-hybridized carbons (Fsp3) is 0. The maximum atomic E-state index is 10.8. The standard InChI is InChI=1S/C8H5ClN2.C8H6N2O/c9-8-2-1-6-5-10-4-3-7(6)11-8;11-8-2-1-6-5-9-4-3-7(6)10-8/h1-5H;1-5H,(H,10,11). The molecule has 0 aliphatic rings. The van der Waals surface area contributed by atoms with Gasteiger partial charge in [0.05, 0.1) is 11.0 Å². The maximum Gasteiger partial charge on any atom is 0.248 e. The molecule has 1 N–H and O–H groups in total. The van der Waals surface area contributed by atoms with Crippen LogP contribution in [0.3, 0.4) is 0 Å². The molecule has 5 nitrogen and oxygen atoms in total. The summed E-state index contributed by atoms with van der Waals surface area (Å²) in [5, 5.41) is 2.48. The fourth-order valence-electron chi connectivity index (χ4n) is 1.93. The van der Waals surface area contributed by atoms with Gasteiger partial charge in [0.25, 0.3) is 0 Å². The van der Waals surface area contributed by atoms with Gasteiger partial charge in [-0.05, 0) is 30.3 Å². The Kier molecular flexibility index (Phi) is 4.07. The summed E-state index contributed by atoms with van der Waals surface area (Å²) in [6.45, 7) is 0. The minimum absolute atomic E-state index is 0.0799. The van der Waals surface area contributed by atoms with Crippen LogP contribution in [0.2, 0.25) is 5.15 Å². The molecule has 0 fully saturated rings. The molecule has 0 amide bonds. The van der Waals surface area contributed by atoms with Crippen molar-refractivity contribution in [1.29, 1.82) is 0 Å². The number of fused-ring (bicyclic) bond motifs is 2. The first kappa shape index (κ1) is 14.2. The van der Waals surface area contributed by atoms with Gasteiger partial charge < -0.3 is 4.98 Å². The molecular formula is C16H11ClN4O. The van der Waals surface area contributed by atoms with E-state index in [1.807, 2.05) is 12.1 Å². The Morgan fingerprint density at radius 3 is 2.45 bits per heavy atom. The first-order valence-corrected chi connectivity index (χ1v) is 6.89.